The SMILES string of the molecule is Cl.Cl.O=C(NCCCN1CCNCC1)c1csc(-c2cnccn2)n1. The van der Waals surface area contributed by atoms with E-state index in [1.54, 1.807) is 24.0 Å². The highest BCUT2D eigenvalue weighted by Crippen LogP contribution is 2.20. The van der Waals surface area contributed by atoms with Gasteiger partial charge < -0.3 is 15.5 Å². The van der Waals surface area contributed by atoms with E-state index in [1.807, 2.05) is 0 Å². The van der Waals surface area contributed by atoms with Gasteiger partial charge in [0.15, 0.2) is 0 Å². The van der Waals surface area contributed by atoms with Crippen molar-refractivity contribution in [2.75, 3.05) is 39.3 Å². The third-order valence-corrected chi connectivity index (χ3v) is 4.53. The first-order valence-electron chi connectivity index (χ1n) is 7.76. The Bertz CT molecular complexity index is 636. The normalized spacial score (nSPS) is 14.2. The van der Waals surface area contributed by atoms with E-state index in [9.17, 15) is 4.79 Å². The minimum absolute atomic E-state index is 0. The smallest absolute Gasteiger partial charge is 0.270 e. The highest BCUT2D eigenvalue weighted by molar-refractivity contribution is 7.13. The molecule has 1 aliphatic rings. The number of piperazine rings is 1. The van der Waals surface area contributed by atoms with Crippen LogP contribution in [0.1, 0.15) is 16.9 Å². The number of carbonyl (C=O) groups excluding carboxylic acids is 1. The van der Waals surface area contributed by atoms with Gasteiger partial charge in [-0.2, -0.15) is 0 Å². The maximum Gasteiger partial charge on any atom is 0.270 e. The van der Waals surface area contributed by atoms with Gasteiger partial charge in [0.1, 0.15) is 16.4 Å². The molecule has 1 fully saturated rings. The number of hydrogen-bond acceptors (Lipinski definition) is 7. The average Bonchev–Trinajstić information content (AvgIpc) is 3.10. The summed E-state index contributed by atoms with van der Waals surface area (Å²) in [4.78, 5) is 27.1. The van der Waals surface area contributed by atoms with E-state index < -0.39 is 0 Å². The second-order valence-electron chi connectivity index (χ2n) is 5.33. The molecule has 3 heterocycles. The highest BCUT2D eigenvalue weighted by atomic mass is 35.5. The van der Waals surface area contributed by atoms with Crippen molar-refractivity contribution in [3.05, 3.63) is 29.7 Å². The lowest BCUT2D eigenvalue weighted by molar-refractivity contribution is 0.0947. The van der Waals surface area contributed by atoms with Crippen LogP contribution in [0.25, 0.3) is 10.7 Å². The Hall–Kier alpha value is -1.32. The van der Waals surface area contributed by atoms with Crippen molar-refractivity contribution in [2.24, 2.45) is 0 Å². The summed E-state index contributed by atoms with van der Waals surface area (Å²) < 4.78 is 0. The second kappa shape index (κ2) is 11.3. The lowest BCUT2D eigenvalue weighted by atomic mass is 10.3. The van der Waals surface area contributed by atoms with Gasteiger partial charge in [-0.3, -0.25) is 14.8 Å². The Kier molecular flexibility index (Phi) is 9.84. The highest BCUT2D eigenvalue weighted by Gasteiger charge is 2.13. The molecule has 0 radical (unpaired) electrons. The zero-order valence-electron chi connectivity index (χ0n) is 13.7. The van der Waals surface area contributed by atoms with Crippen LogP contribution < -0.4 is 10.6 Å². The minimum Gasteiger partial charge on any atom is -0.351 e. The van der Waals surface area contributed by atoms with Gasteiger partial charge in [0.25, 0.3) is 5.91 Å². The van der Waals surface area contributed by atoms with E-state index in [1.165, 1.54) is 11.3 Å². The van der Waals surface area contributed by atoms with Crippen molar-refractivity contribution < 1.29 is 4.79 Å². The molecule has 0 aliphatic carbocycles. The molecule has 2 aromatic heterocycles. The van der Waals surface area contributed by atoms with Gasteiger partial charge in [-0.1, -0.05) is 0 Å². The van der Waals surface area contributed by atoms with Gasteiger partial charge >= 0.3 is 0 Å². The molecule has 0 spiro atoms. The Morgan fingerprint density at radius 1 is 1.28 bits per heavy atom. The van der Waals surface area contributed by atoms with Crippen LogP contribution in [0.4, 0.5) is 0 Å². The number of halogens is 2. The molecule has 2 N–H and O–H groups in total. The van der Waals surface area contributed by atoms with E-state index in [2.05, 4.69) is 30.5 Å². The number of hydrogen-bond donors (Lipinski definition) is 2. The van der Waals surface area contributed by atoms with Crippen LogP contribution in [-0.4, -0.2) is 65.0 Å². The van der Waals surface area contributed by atoms with Gasteiger partial charge in [-0.15, -0.1) is 36.2 Å². The van der Waals surface area contributed by atoms with Gasteiger partial charge in [0.05, 0.1) is 6.20 Å². The summed E-state index contributed by atoms with van der Waals surface area (Å²) >= 11 is 1.40. The molecule has 0 unspecified atom stereocenters. The van der Waals surface area contributed by atoms with Crippen LogP contribution in [0.15, 0.2) is 24.0 Å². The van der Waals surface area contributed by atoms with Crippen molar-refractivity contribution >= 4 is 42.1 Å². The molecule has 0 saturated carbocycles. The van der Waals surface area contributed by atoms with E-state index in [0.717, 1.165) is 39.1 Å². The Labute approximate surface area is 163 Å². The van der Waals surface area contributed by atoms with Crippen molar-refractivity contribution in [3.63, 3.8) is 0 Å². The fourth-order valence-corrected chi connectivity index (χ4v) is 3.20. The molecule has 1 amide bonds. The third kappa shape index (κ3) is 6.48. The molecule has 3 rings (SSSR count). The Balaban J connectivity index is 0.00000156. The average molecular weight is 405 g/mol. The zero-order valence-corrected chi connectivity index (χ0v) is 16.1. The maximum absolute atomic E-state index is 12.1. The largest absolute Gasteiger partial charge is 0.351 e. The number of carbonyl (C=O) groups is 1. The quantitative estimate of drug-likeness (QED) is 0.709. The number of rotatable bonds is 6. The topological polar surface area (TPSA) is 83.0 Å². The first kappa shape index (κ1) is 21.7. The van der Waals surface area contributed by atoms with Crippen molar-refractivity contribution in [1.29, 1.82) is 0 Å². The first-order chi connectivity index (χ1) is 11.3. The Morgan fingerprint density at radius 3 is 2.80 bits per heavy atom. The van der Waals surface area contributed by atoms with E-state index in [0.29, 0.717) is 22.9 Å². The molecule has 0 atom stereocenters. The summed E-state index contributed by atoms with van der Waals surface area (Å²) in [5.41, 5.74) is 1.13. The third-order valence-electron chi connectivity index (χ3n) is 3.67. The fraction of sp³-hybridized carbons (Fsp3) is 0.467. The van der Waals surface area contributed by atoms with Crippen LogP contribution in [-0.2, 0) is 0 Å². The summed E-state index contributed by atoms with van der Waals surface area (Å²) in [6.07, 6.45) is 5.83. The van der Waals surface area contributed by atoms with Crippen molar-refractivity contribution in [1.82, 2.24) is 30.5 Å². The zero-order chi connectivity index (χ0) is 15.9. The summed E-state index contributed by atoms with van der Waals surface area (Å²) in [6.45, 7) is 5.96. The lowest BCUT2D eigenvalue weighted by Gasteiger charge is -2.26. The number of nitrogens with zero attached hydrogens (tertiary/aromatic N) is 4. The van der Waals surface area contributed by atoms with Gasteiger partial charge in [-0.25, -0.2) is 4.98 Å². The molecule has 1 saturated heterocycles. The molecule has 138 valence electrons. The van der Waals surface area contributed by atoms with Crippen molar-refractivity contribution in [2.45, 2.75) is 6.42 Å². The molecule has 7 nitrogen and oxygen atoms in total. The van der Waals surface area contributed by atoms with E-state index in [-0.39, 0.29) is 30.7 Å². The van der Waals surface area contributed by atoms with Gasteiger partial charge in [-0.05, 0) is 13.0 Å². The molecular weight excluding hydrogens is 383 g/mol. The number of nitrogens with one attached hydrogen (secondary N) is 2. The molecule has 0 bridgehead atoms. The van der Waals surface area contributed by atoms with Gasteiger partial charge in [0, 0.05) is 50.5 Å². The summed E-state index contributed by atoms with van der Waals surface area (Å²) in [6, 6.07) is 0. The van der Waals surface area contributed by atoms with Crippen LogP contribution in [0.2, 0.25) is 0 Å². The monoisotopic (exact) mass is 404 g/mol. The van der Waals surface area contributed by atoms with Gasteiger partial charge in [0.2, 0.25) is 0 Å². The summed E-state index contributed by atoms with van der Waals surface area (Å²) in [5, 5.41) is 8.73. The summed E-state index contributed by atoms with van der Waals surface area (Å²) in [7, 11) is 0. The van der Waals surface area contributed by atoms with Crippen LogP contribution >= 0.6 is 36.2 Å². The lowest BCUT2D eigenvalue weighted by Crippen LogP contribution is -2.44. The van der Waals surface area contributed by atoms with E-state index in [4.69, 9.17) is 0 Å². The molecule has 25 heavy (non-hydrogen) atoms. The molecular formula is C15H22Cl2N6OS. The number of aromatic nitrogens is 3. The van der Waals surface area contributed by atoms with E-state index >= 15 is 0 Å². The Morgan fingerprint density at radius 2 is 2.08 bits per heavy atom. The predicted molar refractivity (Wildman–Crippen MR) is 104 cm³/mol. The summed E-state index contributed by atoms with van der Waals surface area (Å²) in [5.74, 6) is -0.128. The first-order valence-corrected chi connectivity index (χ1v) is 8.64. The maximum atomic E-state index is 12.1. The molecule has 10 heteroatoms. The second-order valence-corrected chi connectivity index (χ2v) is 6.19. The number of thiazole rings is 1. The number of amides is 1. The van der Waals surface area contributed by atoms with Crippen LogP contribution in [0, 0.1) is 0 Å². The fourth-order valence-electron chi connectivity index (χ4n) is 2.44. The van der Waals surface area contributed by atoms with Crippen molar-refractivity contribution in [3.8, 4) is 10.7 Å². The molecule has 1 aliphatic heterocycles. The predicted octanol–water partition coefficient (Wildman–Crippen LogP) is 1.47. The van der Waals surface area contributed by atoms with Crippen LogP contribution in [0.5, 0.6) is 0 Å². The minimum atomic E-state index is -0.128. The molecule has 2 aromatic rings. The molecule has 0 aromatic carbocycles. The standard InChI is InChI=1S/C15H20N6OS.2ClH/c22-14(19-2-1-7-21-8-5-16-6-9-21)13-11-23-15(20-13)12-10-17-3-4-18-12;;/h3-4,10-11,16H,1-2,5-9H2,(H,19,22);2*1H. The van der Waals surface area contributed by atoms with Crippen LogP contribution in [0.3, 0.4) is 0 Å².